The van der Waals surface area contributed by atoms with Gasteiger partial charge in [-0.1, -0.05) is 0 Å². The molecular weight excluding hydrogens is 296 g/mol. The lowest BCUT2D eigenvalue weighted by molar-refractivity contribution is 0.0774. The van der Waals surface area contributed by atoms with Crippen LogP contribution in [0.2, 0.25) is 0 Å². The number of amides is 1. The van der Waals surface area contributed by atoms with Crippen molar-refractivity contribution in [3.8, 4) is 0 Å². The minimum Gasteiger partial charge on any atom is -0.472 e. The molecule has 2 atom stereocenters. The maximum absolute atomic E-state index is 12.5. The van der Waals surface area contributed by atoms with E-state index in [1.165, 1.54) is 25.4 Å². The van der Waals surface area contributed by atoms with Crippen molar-refractivity contribution in [2.24, 2.45) is 5.92 Å². The molecule has 23 heavy (non-hydrogen) atoms. The topological polar surface area (TPSA) is 84.2 Å². The molecule has 0 radical (unpaired) electrons. The molecule has 1 N–H and O–H groups in total. The van der Waals surface area contributed by atoms with Gasteiger partial charge in [-0.3, -0.25) is 9.89 Å². The van der Waals surface area contributed by atoms with E-state index >= 15 is 0 Å². The number of nitrogens with one attached hydrogen (secondary N) is 1. The van der Waals surface area contributed by atoms with Gasteiger partial charge in [0.2, 0.25) is 0 Å². The molecule has 2 aromatic rings. The van der Waals surface area contributed by atoms with E-state index in [1.807, 2.05) is 4.90 Å². The number of carbonyl (C=O) groups is 1. The lowest BCUT2D eigenvalue weighted by Gasteiger charge is -2.14. The van der Waals surface area contributed by atoms with Crippen LogP contribution in [-0.4, -0.2) is 52.8 Å². The zero-order chi connectivity index (χ0) is 15.8. The van der Waals surface area contributed by atoms with Crippen LogP contribution in [-0.2, 0) is 4.74 Å². The molecule has 0 unspecified atom stereocenters. The van der Waals surface area contributed by atoms with Crippen LogP contribution in [0.25, 0.3) is 0 Å². The first-order valence-electron chi connectivity index (χ1n) is 7.99. The maximum atomic E-state index is 12.5. The first kappa shape index (κ1) is 14.4. The van der Waals surface area contributed by atoms with Crippen LogP contribution in [0.4, 0.5) is 0 Å². The maximum Gasteiger partial charge on any atom is 0.257 e. The highest BCUT2D eigenvalue weighted by atomic mass is 16.5. The number of methoxy groups -OCH3 is 1. The molecule has 2 aliphatic rings. The third-order valence-corrected chi connectivity index (χ3v) is 4.69. The van der Waals surface area contributed by atoms with Gasteiger partial charge in [0, 0.05) is 38.0 Å². The van der Waals surface area contributed by atoms with Crippen molar-refractivity contribution < 1.29 is 13.9 Å². The number of furan rings is 1. The first-order valence-corrected chi connectivity index (χ1v) is 7.99. The van der Waals surface area contributed by atoms with Crippen molar-refractivity contribution in [1.82, 2.24) is 20.1 Å². The minimum atomic E-state index is -0.00992. The van der Waals surface area contributed by atoms with E-state index in [-0.39, 0.29) is 17.7 Å². The molecule has 2 fully saturated rings. The fraction of sp³-hybridized carbons (Fsp3) is 0.562. The van der Waals surface area contributed by atoms with Crippen LogP contribution in [0.15, 0.2) is 23.0 Å². The van der Waals surface area contributed by atoms with Crippen molar-refractivity contribution in [2.75, 3.05) is 26.8 Å². The molecule has 122 valence electrons. The summed E-state index contributed by atoms with van der Waals surface area (Å²) in [4.78, 5) is 19.0. The number of nitrogens with zero attached hydrogens (tertiary/aromatic N) is 3. The number of ether oxygens (including phenoxy) is 1. The number of carbonyl (C=O) groups excluding carboxylic acids is 1. The summed E-state index contributed by atoms with van der Waals surface area (Å²) < 4.78 is 10.4. The molecule has 7 nitrogen and oxygen atoms in total. The fourth-order valence-electron chi connectivity index (χ4n) is 3.28. The van der Waals surface area contributed by atoms with E-state index in [2.05, 4.69) is 15.2 Å². The fourth-order valence-corrected chi connectivity index (χ4v) is 3.28. The van der Waals surface area contributed by atoms with Gasteiger partial charge in [-0.05, 0) is 18.9 Å². The average Bonchev–Trinajstić information content (AvgIpc) is 3.00. The smallest absolute Gasteiger partial charge is 0.257 e. The summed E-state index contributed by atoms with van der Waals surface area (Å²) in [5, 5.41) is 7.42. The Morgan fingerprint density at radius 2 is 2.35 bits per heavy atom. The van der Waals surface area contributed by atoms with Crippen LogP contribution in [0.1, 0.15) is 46.7 Å². The Labute approximate surface area is 134 Å². The Morgan fingerprint density at radius 3 is 3.04 bits per heavy atom. The van der Waals surface area contributed by atoms with Crippen molar-refractivity contribution in [3.63, 3.8) is 0 Å². The molecule has 3 heterocycles. The van der Waals surface area contributed by atoms with Gasteiger partial charge in [0.05, 0.1) is 18.4 Å². The molecular formula is C16H20N4O3. The Kier molecular flexibility index (Phi) is 3.65. The quantitative estimate of drug-likeness (QED) is 0.909. The van der Waals surface area contributed by atoms with Gasteiger partial charge in [-0.25, -0.2) is 4.98 Å². The highest BCUT2D eigenvalue weighted by Gasteiger charge is 2.39. The van der Waals surface area contributed by atoms with Crippen LogP contribution in [0, 0.1) is 5.92 Å². The SMILES string of the molecule is COC[C@@H]1CN(C(=O)c2ccoc2)C[C@H]1c1nc(C2CC2)n[nH]1. The zero-order valence-electron chi connectivity index (χ0n) is 13.1. The number of aromatic nitrogens is 3. The predicted molar refractivity (Wildman–Crippen MR) is 81.1 cm³/mol. The molecule has 2 aromatic heterocycles. The second-order valence-corrected chi connectivity index (χ2v) is 6.40. The third kappa shape index (κ3) is 2.76. The molecule has 0 aromatic carbocycles. The highest BCUT2D eigenvalue weighted by molar-refractivity contribution is 5.94. The highest BCUT2D eigenvalue weighted by Crippen LogP contribution is 2.39. The van der Waals surface area contributed by atoms with Gasteiger partial charge in [-0.2, -0.15) is 5.10 Å². The molecule has 7 heteroatoms. The summed E-state index contributed by atoms with van der Waals surface area (Å²) >= 11 is 0. The number of hydrogen-bond donors (Lipinski definition) is 1. The Morgan fingerprint density at radius 1 is 1.48 bits per heavy atom. The Bertz CT molecular complexity index is 677. The third-order valence-electron chi connectivity index (χ3n) is 4.69. The number of likely N-dealkylation sites (tertiary alicyclic amines) is 1. The summed E-state index contributed by atoms with van der Waals surface area (Å²) in [5.41, 5.74) is 0.582. The van der Waals surface area contributed by atoms with Gasteiger partial charge in [0.15, 0.2) is 5.82 Å². The molecule has 1 amide bonds. The number of H-pyrrole nitrogens is 1. The lowest BCUT2D eigenvalue weighted by Crippen LogP contribution is -2.29. The van der Waals surface area contributed by atoms with E-state index in [0.29, 0.717) is 31.2 Å². The summed E-state index contributed by atoms with van der Waals surface area (Å²) in [6.07, 6.45) is 5.36. The minimum absolute atomic E-state index is 0.00992. The first-order chi connectivity index (χ1) is 11.3. The molecule has 1 aliphatic carbocycles. The van der Waals surface area contributed by atoms with E-state index in [1.54, 1.807) is 13.2 Å². The summed E-state index contributed by atoms with van der Waals surface area (Å²) in [5.74, 6) is 2.64. The molecule has 1 aliphatic heterocycles. The average molecular weight is 316 g/mol. The molecule has 1 saturated heterocycles. The summed E-state index contributed by atoms with van der Waals surface area (Å²) in [7, 11) is 1.69. The molecule has 1 saturated carbocycles. The number of rotatable bonds is 5. The number of aromatic amines is 1. The summed E-state index contributed by atoms with van der Waals surface area (Å²) in [6, 6.07) is 1.70. The molecule has 4 rings (SSSR count). The Hall–Kier alpha value is -2.15. The van der Waals surface area contributed by atoms with E-state index < -0.39 is 0 Å². The second kappa shape index (κ2) is 5.81. The van der Waals surface area contributed by atoms with Crippen LogP contribution in [0.3, 0.4) is 0 Å². The van der Waals surface area contributed by atoms with Gasteiger partial charge in [-0.15, -0.1) is 0 Å². The molecule has 0 bridgehead atoms. The van der Waals surface area contributed by atoms with E-state index in [9.17, 15) is 4.79 Å². The van der Waals surface area contributed by atoms with Crippen molar-refractivity contribution in [1.29, 1.82) is 0 Å². The predicted octanol–water partition coefficient (Wildman–Crippen LogP) is 1.78. The van der Waals surface area contributed by atoms with Crippen molar-refractivity contribution in [2.45, 2.75) is 24.7 Å². The lowest BCUT2D eigenvalue weighted by atomic mass is 9.96. The summed E-state index contributed by atoms with van der Waals surface area (Å²) in [6.45, 7) is 1.87. The Balaban J connectivity index is 1.53. The number of hydrogen-bond acceptors (Lipinski definition) is 5. The van der Waals surface area contributed by atoms with Gasteiger partial charge in [0.25, 0.3) is 5.91 Å². The zero-order valence-corrected chi connectivity index (χ0v) is 13.1. The normalized spacial score (nSPS) is 24.3. The standard InChI is InChI=1S/C16H20N4O3/c1-22-8-12-6-20(16(21)11-4-5-23-9-11)7-13(12)15-17-14(18-19-15)10-2-3-10/h4-5,9-10,12-13H,2-3,6-8H2,1H3,(H,17,18,19)/t12-,13+/m0/s1. The van der Waals surface area contributed by atoms with E-state index in [0.717, 1.165) is 11.6 Å². The van der Waals surface area contributed by atoms with E-state index in [4.69, 9.17) is 9.15 Å². The second-order valence-electron chi connectivity index (χ2n) is 6.40. The largest absolute Gasteiger partial charge is 0.472 e. The van der Waals surface area contributed by atoms with Gasteiger partial charge >= 0.3 is 0 Å². The van der Waals surface area contributed by atoms with Crippen LogP contribution in [0.5, 0.6) is 0 Å². The van der Waals surface area contributed by atoms with Crippen molar-refractivity contribution >= 4 is 5.91 Å². The van der Waals surface area contributed by atoms with Gasteiger partial charge in [0.1, 0.15) is 12.1 Å². The van der Waals surface area contributed by atoms with Crippen LogP contribution >= 0.6 is 0 Å². The molecule has 0 spiro atoms. The monoisotopic (exact) mass is 316 g/mol. The van der Waals surface area contributed by atoms with Gasteiger partial charge < -0.3 is 14.1 Å². The van der Waals surface area contributed by atoms with Crippen molar-refractivity contribution in [3.05, 3.63) is 35.8 Å². The van der Waals surface area contributed by atoms with Crippen LogP contribution < -0.4 is 0 Å².